The van der Waals surface area contributed by atoms with E-state index >= 15 is 0 Å². The Hall–Kier alpha value is -1.15. The standard InChI is InChI=1S/C10H19NO6S/c1-4-10(5-2,9(13)14)11-18(15,16)7-8(12)17-6-3/h11H,4-7H2,1-3H3,(H,13,14). The third kappa shape index (κ3) is 4.61. The van der Waals surface area contributed by atoms with Crippen molar-refractivity contribution < 1.29 is 27.9 Å². The maximum atomic E-state index is 11.7. The lowest BCUT2D eigenvalue weighted by Gasteiger charge is -2.27. The molecule has 0 fully saturated rings. The molecule has 8 heteroatoms. The molecule has 2 N–H and O–H groups in total. The summed E-state index contributed by atoms with van der Waals surface area (Å²) in [5.41, 5.74) is -1.58. The lowest BCUT2D eigenvalue weighted by Crippen LogP contribution is -2.54. The van der Waals surface area contributed by atoms with Gasteiger partial charge < -0.3 is 9.84 Å². The zero-order valence-corrected chi connectivity index (χ0v) is 11.5. The van der Waals surface area contributed by atoms with E-state index in [4.69, 9.17) is 5.11 Å². The van der Waals surface area contributed by atoms with Crippen molar-refractivity contribution in [3.8, 4) is 0 Å². The molecule has 0 aliphatic heterocycles. The molecule has 0 unspecified atom stereocenters. The maximum Gasteiger partial charge on any atom is 0.324 e. The summed E-state index contributed by atoms with van der Waals surface area (Å²) in [4.78, 5) is 22.2. The Bertz CT molecular complexity index is 399. The molecule has 0 aromatic rings. The van der Waals surface area contributed by atoms with Crippen LogP contribution in [0.2, 0.25) is 0 Å². The van der Waals surface area contributed by atoms with Crippen molar-refractivity contribution in [2.45, 2.75) is 39.2 Å². The van der Waals surface area contributed by atoms with Crippen LogP contribution in [0.15, 0.2) is 0 Å². The van der Waals surface area contributed by atoms with Crippen LogP contribution >= 0.6 is 0 Å². The molecule has 0 saturated carbocycles. The zero-order valence-electron chi connectivity index (χ0n) is 10.7. The molecule has 0 aromatic heterocycles. The van der Waals surface area contributed by atoms with Crippen molar-refractivity contribution in [2.75, 3.05) is 12.4 Å². The second-order valence-electron chi connectivity index (χ2n) is 3.76. The topological polar surface area (TPSA) is 110 Å². The molecule has 0 rings (SSSR count). The largest absolute Gasteiger partial charge is 0.480 e. The smallest absolute Gasteiger partial charge is 0.324 e. The fourth-order valence-corrected chi connectivity index (χ4v) is 2.87. The number of carbonyl (C=O) groups excluding carboxylic acids is 1. The number of ether oxygens (including phenoxy) is 1. The third-order valence-electron chi connectivity index (χ3n) is 2.58. The number of nitrogens with one attached hydrogen (secondary N) is 1. The van der Waals surface area contributed by atoms with Crippen molar-refractivity contribution in [2.24, 2.45) is 0 Å². The number of aliphatic carboxylic acids is 1. The highest BCUT2D eigenvalue weighted by molar-refractivity contribution is 7.90. The average Bonchev–Trinajstić information content (AvgIpc) is 2.25. The van der Waals surface area contributed by atoms with Gasteiger partial charge >= 0.3 is 11.9 Å². The number of esters is 1. The molecule has 0 heterocycles. The predicted octanol–water partition coefficient (Wildman–Crippen LogP) is 0.112. The van der Waals surface area contributed by atoms with Crippen LogP contribution in [0.1, 0.15) is 33.6 Å². The Morgan fingerprint density at radius 3 is 2.06 bits per heavy atom. The van der Waals surface area contributed by atoms with Gasteiger partial charge in [-0.25, -0.2) is 8.42 Å². The van der Waals surface area contributed by atoms with E-state index in [9.17, 15) is 18.0 Å². The van der Waals surface area contributed by atoms with E-state index in [1.807, 2.05) is 0 Å². The van der Waals surface area contributed by atoms with E-state index in [0.717, 1.165) is 0 Å². The molecular formula is C10H19NO6S. The fraction of sp³-hybridized carbons (Fsp3) is 0.800. The first kappa shape index (κ1) is 16.9. The number of carboxylic acids is 1. The molecule has 7 nitrogen and oxygen atoms in total. The van der Waals surface area contributed by atoms with Gasteiger partial charge in [0.25, 0.3) is 0 Å². The van der Waals surface area contributed by atoms with Gasteiger partial charge in [-0.3, -0.25) is 9.59 Å². The lowest BCUT2D eigenvalue weighted by molar-refractivity contribution is -0.144. The molecule has 0 bridgehead atoms. The quantitative estimate of drug-likeness (QED) is 0.611. The van der Waals surface area contributed by atoms with E-state index in [2.05, 4.69) is 9.46 Å². The van der Waals surface area contributed by atoms with Crippen LogP contribution in [-0.4, -0.2) is 43.4 Å². The number of rotatable bonds is 8. The Balaban J connectivity index is 4.93. The predicted molar refractivity (Wildman–Crippen MR) is 64.5 cm³/mol. The second-order valence-corrected chi connectivity index (χ2v) is 5.48. The number of carboxylic acid groups (broad SMARTS) is 1. The highest BCUT2D eigenvalue weighted by Gasteiger charge is 2.39. The third-order valence-corrected chi connectivity index (χ3v) is 3.90. The summed E-state index contributed by atoms with van der Waals surface area (Å²) < 4.78 is 29.9. The van der Waals surface area contributed by atoms with Gasteiger partial charge in [0.05, 0.1) is 6.61 Å². The van der Waals surface area contributed by atoms with Crippen molar-refractivity contribution in [3.63, 3.8) is 0 Å². The van der Waals surface area contributed by atoms with Crippen molar-refractivity contribution in [1.82, 2.24) is 4.72 Å². The monoisotopic (exact) mass is 281 g/mol. The van der Waals surface area contributed by atoms with E-state index in [0.29, 0.717) is 0 Å². The van der Waals surface area contributed by atoms with Crippen molar-refractivity contribution in [3.05, 3.63) is 0 Å². The summed E-state index contributed by atoms with van der Waals surface area (Å²) in [6.07, 6.45) is 0.168. The molecule has 0 aromatic carbocycles. The molecule has 106 valence electrons. The molecule has 0 amide bonds. The average molecular weight is 281 g/mol. The molecular weight excluding hydrogens is 262 g/mol. The minimum absolute atomic E-state index is 0.0694. The number of hydrogen-bond donors (Lipinski definition) is 2. The van der Waals surface area contributed by atoms with Crippen LogP contribution in [-0.2, 0) is 24.3 Å². The van der Waals surface area contributed by atoms with Crippen LogP contribution in [0, 0.1) is 0 Å². The first-order chi connectivity index (χ1) is 8.23. The van der Waals surface area contributed by atoms with Crippen LogP contribution in [0.4, 0.5) is 0 Å². The Morgan fingerprint density at radius 1 is 1.22 bits per heavy atom. The number of carbonyl (C=O) groups is 2. The van der Waals surface area contributed by atoms with E-state index in [-0.39, 0.29) is 19.4 Å². The van der Waals surface area contributed by atoms with E-state index in [1.165, 1.54) is 0 Å². The van der Waals surface area contributed by atoms with Gasteiger partial charge in [-0.05, 0) is 19.8 Å². The SMILES string of the molecule is CCOC(=O)CS(=O)(=O)NC(CC)(CC)C(=O)O. The molecule has 0 radical (unpaired) electrons. The minimum atomic E-state index is -4.04. The Labute approximate surface area is 107 Å². The summed E-state index contributed by atoms with van der Waals surface area (Å²) in [5.74, 6) is -3.05. The highest BCUT2D eigenvalue weighted by atomic mass is 32.2. The number of hydrogen-bond acceptors (Lipinski definition) is 5. The molecule has 18 heavy (non-hydrogen) atoms. The van der Waals surface area contributed by atoms with Crippen LogP contribution in [0.5, 0.6) is 0 Å². The summed E-state index contributed by atoms with van der Waals surface area (Å²) in [5, 5.41) is 9.08. The lowest BCUT2D eigenvalue weighted by atomic mass is 9.95. The van der Waals surface area contributed by atoms with Crippen molar-refractivity contribution >= 4 is 22.0 Å². The van der Waals surface area contributed by atoms with Gasteiger partial charge in [-0.1, -0.05) is 13.8 Å². The highest BCUT2D eigenvalue weighted by Crippen LogP contribution is 2.17. The van der Waals surface area contributed by atoms with Gasteiger partial charge in [0, 0.05) is 0 Å². The summed E-state index contributed by atoms with van der Waals surface area (Å²) in [7, 11) is -4.04. The zero-order chi connectivity index (χ0) is 14.4. The van der Waals surface area contributed by atoms with Crippen LogP contribution in [0.25, 0.3) is 0 Å². The van der Waals surface area contributed by atoms with Crippen LogP contribution in [0.3, 0.4) is 0 Å². The van der Waals surface area contributed by atoms with Gasteiger partial charge in [-0.2, -0.15) is 4.72 Å². The fourth-order valence-electron chi connectivity index (χ4n) is 1.43. The summed E-state index contributed by atoms with van der Waals surface area (Å²) in [6, 6.07) is 0. The van der Waals surface area contributed by atoms with Gasteiger partial charge in [0.15, 0.2) is 5.75 Å². The Kier molecular flexibility index (Phi) is 6.27. The molecule has 0 spiro atoms. The first-order valence-corrected chi connectivity index (χ1v) is 7.29. The maximum absolute atomic E-state index is 11.7. The molecule has 0 atom stereocenters. The molecule has 0 saturated heterocycles. The molecule has 0 aliphatic carbocycles. The number of sulfonamides is 1. The van der Waals surface area contributed by atoms with Gasteiger partial charge in [0.2, 0.25) is 10.0 Å². The molecule has 0 aliphatic rings. The van der Waals surface area contributed by atoms with Crippen molar-refractivity contribution in [1.29, 1.82) is 0 Å². The first-order valence-electron chi connectivity index (χ1n) is 5.63. The summed E-state index contributed by atoms with van der Waals surface area (Å²) >= 11 is 0. The van der Waals surface area contributed by atoms with Crippen LogP contribution < -0.4 is 4.72 Å². The van der Waals surface area contributed by atoms with Gasteiger partial charge in [-0.15, -0.1) is 0 Å². The summed E-state index contributed by atoms with van der Waals surface area (Å²) in [6.45, 7) is 4.74. The normalized spacial score (nSPS) is 12.2. The Morgan fingerprint density at radius 2 is 1.72 bits per heavy atom. The van der Waals surface area contributed by atoms with E-state index < -0.39 is 33.3 Å². The minimum Gasteiger partial charge on any atom is -0.480 e. The second kappa shape index (κ2) is 6.69. The van der Waals surface area contributed by atoms with E-state index in [1.54, 1.807) is 20.8 Å². The van der Waals surface area contributed by atoms with Gasteiger partial charge in [0.1, 0.15) is 5.54 Å².